The van der Waals surface area contributed by atoms with Gasteiger partial charge in [0.05, 0.1) is 10.9 Å². The summed E-state index contributed by atoms with van der Waals surface area (Å²) in [5.74, 6) is 0. The molecule has 4 rings (SSSR count). The molecule has 5 heteroatoms. The third-order valence-electron chi connectivity index (χ3n) is 5.10. The third-order valence-corrected chi connectivity index (χ3v) is 6.99. The van der Waals surface area contributed by atoms with E-state index in [9.17, 15) is 13.5 Å². The zero-order valence-corrected chi connectivity index (χ0v) is 15.8. The molecular weight excluding hydrogens is 358 g/mol. The van der Waals surface area contributed by atoms with Gasteiger partial charge in [0.25, 0.3) is 0 Å². The Labute approximate surface area is 159 Å². The zero-order valence-electron chi connectivity index (χ0n) is 15.0. The normalized spacial score (nSPS) is 19.6. The summed E-state index contributed by atoms with van der Waals surface area (Å²) >= 11 is 0. The van der Waals surface area contributed by atoms with E-state index in [0.717, 1.165) is 5.56 Å². The number of benzene rings is 3. The predicted molar refractivity (Wildman–Crippen MR) is 105 cm³/mol. The van der Waals surface area contributed by atoms with Crippen molar-refractivity contribution in [2.75, 3.05) is 6.54 Å². The van der Waals surface area contributed by atoms with Crippen LogP contribution >= 0.6 is 0 Å². The Morgan fingerprint density at radius 2 is 1.33 bits per heavy atom. The van der Waals surface area contributed by atoms with Gasteiger partial charge in [0, 0.05) is 6.54 Å². The lowest BCUT2D eigenvalue weighted by Crippen LogP contribution is -2.37. The zero-order chi connectivity index (χ0) is 19.1. The molecule has 27 heavy (non-hydrogen) atoms. The van der Waals surface area contributed by atoms with Crippen molar-refractivity contribution in [3.8, 4) is 0 Å². The van der Waals surface area contributed by atoms with Crippen LogP contribution in [-0.4, -0.2) is 30.4 Å². The first kappa shape index (κ1) is 17.9. The van der Waals surface area contributed by atoms with Crippen molar-refractivity contribution in [1.82, 2.24) is 4.31 Å². The van der Waals surface area contributed by atoms with Crippen LogP contribution in [0.25, 0.3) is 0 Å². The Balaban J connectivity index is 1.75. The molecular formula is C22H21NO3S. The summed E-state index contributed by atoms with van der Waals surface area (Å²) < 4.78 is 27.5. The quantitative estimate of drug-likeness (QED) is 0.692. The van der Waals surface area contributed by atoms with E-state index >= 15 is 0 Å². The molecule has 138 valence electrons. The second kappa shape index (κ2) is 6.60. The molecule has 0 aliphatic carbocycles. The van der Waals surface area contributed by atoms with E-state index in [4.69, 9.17) is 0 Å². The van der Waals surface area contributed by atoms with Gasteiger partial charge in [-0.1, -0.05) is 78.4 Å². The Bertz CT molecular complexity index is 992. The SMILES string of the molecule is Cc1ccc(S(=O)(=O)N2C[C@H]2C(O)(c2ccccc2)c2ccccc2)cc1. The molecule has 0 aromatic heterocycles. The number of hydrogen-bond acceptors (Lipinski definition) is 3. The highest BCUT2D eigenvalue weighted by Gasteiger charge is 2.57. The Morgan fingerprint density at radius 3 is 1.81 bits per heavy atom. The minimum absolute atomic E-state index is 0.249. The van der Waals surface area contributed by atoms with Crippen LogP contribution in [0.1, 0.15) is 16.7 Å². The van der Waals surface area contributed by atoms with Gasteiger partial charge in [0.15, 0.2) is 0 Å². The number of rotatable bonds is 5. The predicted octanol–water partition coefficient (Wildman–Crippen LogP) is 3.30. The van der Waals surface area contributed by atoms with Crippen molar-refractivity contribution in [3.05, 3.63) is 102 Å². The molecule has 0 amide bonds. The fraction of sp³-hybridized carbons (Fsp3) is 0.182. The van der Waals surface area contributed by atoms with E-state index in [1.165, 1.54) is 4.31 Å². The second-order valence-corrected chi connectivity index (χ2v) is 8.79. The third kappa shape index (κ3) is 3.08. The average Bonchev–Trinajstić information content (AvgIpc) is 3.51. The number of aryl methyl sites for hydroxylation is 1. The minimum atomic E-state index is -3.66. The Hall–Kier alpha value is -2.47. The molecule has 1 fully saturated rings. The molecule has 1 aliphatic rings. The first-order chi connectivity index (χ1) is 12.9. The molecule has 4 nitrogen and oxygen atoms in total. The molecule has 1 unspecified atom stereocenters. The van der Waals surface area contributed by atoms with E-state index in [0.29, 0.717) is 11.1 Å². The maximum atomic E-state index is 13.0. The van der Waals surface area contributed by atoms with Crippen LogP contribution in [0.5, 0.6) is 0 Å². The van der Waals surface area contributed by atoms with Gasteiger partial charge in [-0.05, 0) is 30.2 Å². The van der Waals surface area contributed by atoms with Gasteiger partial charge < -0.3 is 5.11 Å². The summed E-state index contributed by atoms with van der Waals surface area (Å²) in [6.45, 7) is 2.19. The topological polar surface area (TPSA) is 57.4 Å². The number of nitrogens with zero attached hydrogens (tertiary/aromatic N) is 1. The van der Waals surface area contributed by atoms with Crippen molar-refractivity contribution >= 4 is 10.0 Å². The van der Waals surface area contributed by atoms with Crippen LogP contribution < -0.4 is 0 Å². The van der Waals surface area contributed by atoms with E-state index < -0.39 is 21.7 Å². The molecule has 2 atom stereocenters. The van der Waals surface area contributed by atoms with Crippen molar-refractivity contribution in [1.29, 1.82) is 0 Å². The van der Waals surface area contributed by atoms with Crippen molar-refractivity contribution in [2.24, 2.45) is 0 Å². The van der Waals surface area contributed by atoms with Crippen LogP contribution in [0.3, 0.4) is 0 Å². The fourth-order valence-corrected chi connectivity index (χ4v) is 5.09. The van der Waals surface area contributed by atoms with Gasteiger partial charge in [-0.15, -0.1) is 0 Å². The Morgan fingerprint density at radius 1 is 0.852 bits per heavy atom. The van der Waals surface area contributed by atoms with Crippen LogP contribution in [0, 0.1) is 6.92 Å². The number of hydrogen-bond donors (Lipinski definition) is 1. The molecule has 0 saturated carbocycles. The van der Waals surface area contributed by atoms with E-state index in [2.05, 4.69) is 0 Å². The van der Waals surface area contributed by atoms with Crippen molar-refractivity contribution in [2.45, 2.75) is 23.5 Å². The summed E-state index contributed by atoms with van der Waals surface area (Å²) in [4.78, 5) is 0.249. The maximum absolute atomic E-state index is 13.0. The number of sulfonamides is 1. The summed E-state index contributed by atoms with van der Waals surface area (Å²) in [5, 5.41) is 11.7. The van der Waals surface area contributed by atoms with E-state index in [1.54, 1.807) is 24.3 Å². The van der Waals surface area contributed by atoms with E-state index in [-0.39, 0.29) is 11.4 Å². The monoisotopic (exact) mass is 379 g/mol. The summed E-state index contributed by atoms with van der Waals surface area (Å²) in [7, 11) is -3.66. The van der Waals surface area contributed by atoms with E-state index in [1.807, 2.05) is 67.6 Å². The lowest BCUT2D eigenvalue weighted by Gasteiger charge is -2.29. The highest BCUT2D eigenvalue weighted by atomic mass is 32.2. The molecule has 1 N–H and O–H groups in total. The van der Waals surface area contributed by atoms with Gasteiger partial charge in [0.2, 0.25) is 10.0 Å². The first-order valence-electron chi connectivity index (χ1n) is 8.86. The van der Waals surface area contributed by atoms with Gasteiger partial charge in [-0.25, -0.2) is 8.42 Å². The highest BCUT2D eigenvalue weighted by Crippen LogP contribution is 2.44. The van der Waals surface area contributed by atoms with Gasteiger partial charge in [-0.3, -0.25) is 0 Å². The molecule has 3 aromatic rings. The van der Waals surface area contributed by atoms with Crippen molar-refractivity contribution < 1.29 is 13.5 Å². The van der Waals surface area contributed by atoms with Crippen molar-refractivity contribution in [3.63, 3.8) is 0 Å². The standard InChI is InChI=1S/C22H21NO3S/c1-17-12-14-20(15-13-17)27(25,26)23-16-21(23)22(24,18-8-4-2-5-9-18)19-10-6-3-7-11-19/h2-15,21,24H,16H2,1H3/t21-,23?/m0/s1. The molecule has 0 radical (unpaired) electrons. The largest absolute Gasteiger partial charge is 0.379 e. The van der Waals surface area contributed by atoms with Gasteiger partial charge in [-0.2, -0.15) is 4.31 Å². The number of aliphatic hydroxyl groups is 1. The van der Waals surface area contributed by atoms with Crippen LogP contribution in [-0.2, 0) is 15.6 Å². The van der Waals surface area contributed by atoms with Gasteiger partial charge >= 0.3 is 0 Å². The van der Waals surface area contributed by atoms with Gasteiger partial charge in [0.1, 0.15) is 5.60 Å². The minimum Gasteiger partial charge on any atom is -0.379 e. The lowest BCUT2D eigenvalue weighted by atomic mass is 9.83. The fourth-order valence-electron chi connectivity index (χ4n) is 3.51. The molecule has 0 bridgehead atoms. The molecule has 1 aliphatic heterocycles. The molecule has 3 aromatic carbocycles. The second-order valence-electron chi connectivity index (χ2n) is 6.90. The highest BCUT2D eigenvalue weighted by molar-refractivity contribution is 7.89. The molecule has 0 spiro atoms. The van der Waals surface area contributed by atoms with Crippen LogP contribution in [0.2, 0.25) is 0 Å². The average molecular weight is 379 g/mol. The maximum Gasteiger partial charge on any atom is 0.243 e. The Kier molecular flexibility index (Phi) is 4.38. The smallest absolute Gasteiger partial charge is 0.243 e. The molecule has 1 heterocycles. The van der Waals surface area contributed by atoms with Crippen LogP contribution in [0.4, 0.5) is 0 Å². The summed E-state index contributed by atoms with van der Waals surface area (Å²) in [6, 6.07) is 24.8. The summed E-state index contributed by atoms with van der Waals surface area (Å²) in [5.41, 5.74) is 0.965. The first-order valence-corrected chi connectivity index (χ1v) is 10.3. The molecule has 1 saturated heterocycles. The van der Waals surface area contributed by atoms with Crippen LogP contribution in [0.15, 0.2) is 89.8 Å². The summed E-state index contributed by atoms with van der Waals surface area (Å²) in [6.07, 6.45) is 0. The lowest BCUT2D eigenvalue weighted by molar-refractivity contribution is 0.0720.